The molecule has 1 unspecified atom stereocenters. The van der Waals surface area contributed by atoms with Gasteiger partial charge in [-0.05, 0) is 30.7 Å². The van der Waals surface area contributed by atoms with E-state index in [0.29, 0.717) is 18.8 Å². The number of para-hydroxylation sites is 1. The molecule has 1 saturated heterocycles. The maximum atomic E-state index is 13.8. The number of pyridine rings is 1. The normalized spacial score (nSPS) is 17.2. The molecule has 0 bridgehead atoms. The van der Waals surface area contributed by atoms with Crippen molar-refractivity contribution in [2.24, 2.45) is 0 Å². The summed E-state index contributed by atoms with van der Waals surface area (Å²) in [6.07, 6.45) is 1.97. The van der Waals surface area contributed by atoms with Gasteiger partial charge in [-0.2, -0.15) is 0 Å². The maximum Gasteiger partial charge on any atom is 0.321 e. The second-order valence-corrected chi connectivity index (χ2v) is 5.10. The summed E-state index contributed by atoms with van der Waals surface area (Å²) in [4.78, 5) is 29.6. The molecule has 23 heavy (non-hydrogen) atoms. The lowest BCUT2D eigenvalue weighted by Gasteiger charge is -2.17. The Balaban J connectivity index is 1.63. The molecule has 1 atom stereocenters. The third-order valence-electron chi connectivity index (χ3n) is 3.56. The highest BCUT2D eigenvalue weighted by Gasteiger charge is 2.34. The van der Waals surface area contributed by atoms with E-state index in [-0.39, 0.29) is 11.6 Å². The highest BCUT2D eigenvalue weighted by Crippen LogP contribution is 2.24. The van der Waals surface area contributed by atoms with E-state index in [1.165, 1.54) is 11.0 Å². The summed E-state index contributed by atoms with van der Waals surface area (Å²) in [5.41, 5.74) is 0.229. The summed E-state index contributed by atoms with van der Waals surface area (Å²) >= 11 is 0. The number of nitrogens with one attached hydrogen (secondary N) is 2. The zero-order chi connectivity index (χ0) is 16.2. The van der Waals surface area contributed by atoms with E-state index in [1.54, 1.807) is 42.6 Å². The molecule has 0 radical (unpaired) electrons. The zero-order valence-corrected chi connectivity index (χ0v) is 12.2. The predicted octanol–water partition coefficient (Wildman–Crippen LogP) is 2.15. The van der Waals surface area contributed by atoms with Crippen LogP contribution in [0.4, 0.5) is 20.7 Å². The minimum Gasteiger partial charge on any atom is -0.326 e. The first-order valence-corrected chi connectivity index (χ1v) is 7.19. The molecule has 118 valence electrons. The van der Waals surface area contributed by atoms with Crippen molar-refractivity contribution < 1.29 is 14.0 Å². The molecule has 1 fully saturated rings. The number of carbonyl (C=O) groups excluding carboxylic acids is 2. The van der Waals surface area contributed by atoms with Gasteiger partial charge in [-0.25, -0.2) is 14.2 Å². The Hall–Kier alpha value is -2.96. The number of carbonyl (C=O) groups is 2. The smallest absolute Gasteiger partial charge is 0.321 e. The average molecular weight is 314 g/mol. The molecule has 0 saturated carbocycles. The molecule has 7 heteroatoms. The van der Waals surface area contributed by atoms with Crippen molar-refractivity contribution >= 4 is 23.4 Å². The van der Waals surface area contributed by atoms with Crippen LogP contribution in [0.1, 0.15) is 6.42 Å². The van der Waals surface area contributed by atoms with Gasteiger partial charge in [0.15, 0.2) is 0 Å². The van der Waals surface area contributed by atoms with Gasteiger partial charge < -0.3 is 10.2 Å². The highest BCUT2D eigenvalue weighted by atomic mass is 19.1. The number of nitrogens with zero attached hydrogens (tertiary/aromatic N) is 2. The minimum atomic E-state index is -0.682. The van der Waals surface area contributed by atoms with Crippen molar-refractivity contribution in [2.75, 3.05) is 16.8 Å². The lowest BCUT2D eigenvalue weighted by molar-refractivity contribution is -0.118. The molecule has 2 aromatic rings. The Labute approximate surface area is 132 Å². The summed E-state index contributed by atoms with van der Waals surface area (Å²) in [5.74, 6) is -0.396. The molecule has 3 rings (SSSR count). The van der Waals surface area contributed by atoms with Crippen LogP contribution in [-0.4, -0.2) is 29.5 Å². The molecule has 1 aromatic carbocycles. The second kappa shape index (κ2) is 6.43. The van der Waals surface area contributed by atoms with Crippen molar-refractivity contribution in [1.82, 2.24) is 10.3 Å². The first-order chi connectivity index (χ1) is 11.1. The summed E-state index contributed by atoms with van der Waals surface area (Å²) in [6, 6.07) is 9.99. The van der Waals surface area contributed by atoms with Gasteiger partial charge in [0.1, 0.15) is 17.7 Å². The summed E-state index contributed by atoms with van der Waals surface area (Å²) < 4.78 is 13.8. The molecule has 2 N–H and O–H groups in total. The van der Waals surface area contributed by atoms with Gasteiger partial charge in [-0.1, -0.05) is 18.2 Å². The monoisotopic (exact) mass is 314 g/mol. The van der Waals surface area contributed by atoms with Gasteiger partial charge in [-0.3, -0.25) is 10.1 Å². The first-order valence-electron chi connectivity index (χ1n) is 7.19. The van der Waals surface area contributed by atoms with Crippen LogP contribution >= 0.6 is 0 Å². The van der Waals surface area contributed by atoms with Gasteiger partial charge in [0.05, 0.1) is 5.69 Å². The Morgan fingerprint density at radius 1 is 1.22 bits per heavy atom. The molecular formula is C16H15FN4O2. The van der Waals surface area contributed by atoms with Crippen LogP contribution in [0.25, 0.3) is 0 Å². The summed E-state index contributed by atoms with van der Waals surface area (Å²) in [7, 11) is 0. The van der Waals surface area contributed by atoms with Crippen LogP contribution in [0.5, 0.6) is 0 Å². The van der Waals surface area contributed by atoms with Crippen molar-refractivity contribution in [3.63, 3.8) is 0 Å². The number of amides is 3. The molecular weight excluding hydrogens is 299 g/mol. The maximum absolute atomic E-state index is 13.8. The van der Waals surface area contributed by atoms with E-state index in [9.17, 15) is 14.0 Å². The summed E-state index contributed by atoms with van der Waals surface area (Å²) in [5, 5.41) is 5.14. The van der Waals surface area contributed by atoms with E-state index < -0.39 is 17.9 Å². The lowest BCUT2D eigenvalue weighted by atomic mass is 10.2. The molecule has 1 aromatic heterocycles. The molecule has 0 aliphatic carbocycles. The molecule has 1 aliphatic rings. The number of hydrogen-bond donors (Lipinski definition) is 2. The van der Waals surface area contributed by atoms with Crippen LogP contribution in [0.15, 0.2) is 48.7 Å². The zero-order valence-electron chi connectivity index (χ0n) is 12.2. The number of rotatable bonds is 3. The fourth-order valence-electron chi connectivity index (χ4n) is 2.47. The van der Waals surface area contributed by atoms with Crippen LogP contribution in [0, 0.1) is 5.82 Å². The number of benzene rings is 1. The predicted molar refractivity (Wildman–Crippen MR) is 83.5 cm³/mol. The number of aromatic nitrogens is 1. The molecule has 2 heterocycles. The van der Waals surface area contributed by atoms with Crippen molar-refractivity contribution in [3.05, 3.63) is 54.5 Å². The van der Waals surface area contributed by atoms with Crippen LogP contribution in [-0.2, 0) is 4.79 Å². The van der Waals surface area contributed by atoms with Crippen molar-refractivity contribution in [1.29, 1.82) is 0 Å². The van der Waals surface area contributed by atoms with Gasteiger partial charge in [0, 0.05) is 12.7 Å². The topological polar surface area (TPSA) is 74.3 Å². The number of anilines is 2. The third-order valence-corrected chi connectivity index (χ3v) is 3.56. The summed E-state index contributed by atoms with van der Waals surface area (Å²) in [6.45, 7) is 0.355. The molecule has 0 spiro atoms. The second-order valence-electron chi connectivity index (χ2n) is 5.10. The van der Waals surface area contributed by atoms with Gasteiger partial charge in [0.2, 0.25) is 5.91 Å². The largest absolute Gasteiger partial charge is 0.326 e. The van der Waals surface area contributed by atoms with E-state index in [4.69, 9.17) is 0 Å². The van der Waals surface area contributed by atoms with Crippen LogP contribution in [0.3, 0.4) is 0 Å². The molecule has 3 amide bonds. The van der Waals surface area contributed by atoms with Gasteiger partial charge in [-0.15, -0.1) is 0 Å². The average Bonchev–Trinajstić information content (AvgIpc) is 2.90. The van der Waals surface area contributed by atoms with Gasteiger partial charge >= 0.3 is 6.03 Å². The van der Waals surface area contributed by atoms with E-state index in [1.807, 2.05) is 0 Å². The first kappa shape index (κ1) is 15.0. The quantitative estimate of drug-likeness (QED) is 0.911. The number of halogens is 1. The van der Waals surface area contributed by atoms with Crippen molar-refractivity contribution in [3.8, 4) is 0 Å². The number of urea groups is 1. The van der Waals surface area contributed by atoms with Crippen LogP contribution < -0.4 is 15.5 Å². The minimum absolute atomic E-state index is 0.229. The SMILES string of the molecule is O=C(Nc1ccccn1)NC1CCN(c2ccccc2F)C1=O. The third kappa shape index (κ3) is 3.28. The van der Waals surface area contributed by atoms with Gasteiger partial charge in [0.25, 0.3) is 0 Å². The standard InChI is InChI=1S/C16H15FN4O2/c17-11-5-1-2-6-13(11)21-10-8-12(15(21)22)19-16(23)20-14-7-3-4-9-18-14/h1-7,9,12H,8,10H2,(H2,18,19,20,23). The molecule has 1 aliphatic heterocycles. The van der Waals surface area contributed by atoms with Crippen molar-refractivity contribution in [2.45, 2.75) is 12.5 Å². The Kier molecular flexibility index (Phi) is 4.18. The number of hydrogen-bond acceptors (Lipinski definition) is 3. The fraction of sp³-hybridized carbons (Fsp3) is 0.188. The Bertz CT molecular complexity index is 723. The van der Waals surface area contributed by atoms with Crippen LogP contribution in [0.2, 0.25) is 0 Å². The fourth-order valence-corrected chi connectivity index (χ4v) is 2.47. The van der Waals surface area contributed by atoms with E-state index in [2.05, 4.69) is 15.6 Å². The molecule has 6 nitrogen and oxygen atoms in total. The Morgan fingerprint density at radius 3 is 2.74 bits per heavy atom. The van der Waals surface area contributed by atoms with E-state index in [0.717, 1.165) is 0 Å². The van der Waals surface area contributed by atoms with E-state index >= 15 is 0 Å². The highest BCUT2D eigenvalue weighted by molar-refractivity contribution is 6.02. The lowest BCUT2D eigenvalue weighted by Crippen LogP contribution is -2.43. The Morgan fingerprint density at radius 2 is 2.00 bits per heavy atom.